The highest BCUT2D eigenvalue weighted by atomic mass is 127. The molecule has 0 amide bonds. The summed E-state index contributed by atoms with van der Waals surface area (Å²) in [6, 6.07) is 43.9. The first-order chi connectivity index (χ1) is 58.0. The maximum atomic E-state index is 7.83. The average molecular weight is 1900 g/mol. The summed E-state index contributed by atoms with van der Waals surface area (Å²) in [6.07, 6.45) is 10.1. The quantitative estimate of drug-likeness (QED) is 0.0554. The van der Waals surface area contributed by atoms with Gasteiger partial charge in [0.15, 0.2) is 0 Å². The van der Waals surface area contributed by atoms with Gasteiger partial charge in [0.25, 0.3) is 0 Å². The number of rotatable bonds is 24. The van der Waals surface area contributed by atoms with E-state index in [1.54, 1.807) is 0 Å². The van der Waals surface area contributed by atoms with Crippen LogP contribution in [0, 0.1) is 7.14 Å². The van der Waals surface area contributed by atoms with Gasteiger partial charge in [-0.25, -0.2) is 0 Å². The van der Waals surface area contributed by atoms with Gasteiger partial charge in [-0.15, -0.1) is 0 Å². The molecule has 0 radical (unpaired) electrons. The number of hydrogen-bond acceptors (Lipinski definition) is 8. The second kappa shape index (κ2) is 39.4. The van der Waals surface area contributed by atoms with Gasteiger partial charge >= 0.3 is 0 Å². The minimum Gasteiger partial charge on any atom is -0.493 e. The molecule has 10 heteroatoms. The lowest BCUT2D eigenvalue weighted by molar-refractivity contribution is 0.293. The van der Waals surface area contributed by atoms with E-state index in [2.05, 4.69) is 362 Å². The van der Waals surface area contributed by atoms with Crippen LogP contribution in [-0.4, -0.2) is 39.6 Å². The van der Waals surface area contributed by atoms with E-state index in [0.29, 0.717) is 104 Å². The molecule has 0 fully saturated rings. The van der Waals surface area contributed by atoms with E-state index < -0.39 is 0 Å². The molecule has 8 nitrogen and oxygen atoms in total. The Morgan fingerprint density at radius 1 is 0.185 bits per heavy atom. The molecule has 16 bridgehead atoms. The van der Waals surface area contributed by atoms with Crippen molar-refractivity contribution in [3.05, 3.63) is 261 Å². The molecule has 0 atom stereocenters. The van der Waals surface area contributed by atoms with E-state index in [1.165, 1.54) is 89.0 Å². The molecule has 0 aliphatic heterocycles. The molecule has 11 rings (SSSR count). The van der Waals surface area contributed by atoms with Crippen molar-refractivity contribution in [2.24, 2.45) is 0 Å². The predicted octanol–water partition coefficient (Wildman–Crippen LogP) is 30.5. The zero-order chi connectivity index (χ0) is 90.7. The van der Waals surface area contributed by atoms with Crippen LogP contribution >= 0.6 is 45.2 Å². The first-order valence-corrected chi connectivity index (χ1v) is 49.0. The minimum atomic E-state index is -0.213. The lowest BCUT2D eigenvalue weighted by Crippen LogP contribution is -2.18. The van der Waals surface area contributed by atoms with Crippen molar-refractivity contribution >= 4 is 45.2 Å². The van der Waals surface area contributed by atoms with E-state index >= 15 is 0 Å². The molecule has 9 aromatic rings. The van der Waals surface area contributed by atoms with Gasteiger partial charge in [0.1, 0.15) is 59.2 Å². The van der Waals surface area contributed by atoms with Crippen LogP contribution in [0.4, 0.5) is 0 Å². The fourth-order valence-electron chi connectivity index (χ4n) is 17.1. The highest BCUT2D eigenvalue weighted by Crippen LogP contribution is 2.50. The van der Waals surface area contributed by atoms with E-state index in [-0.39, 0.29) is 43.3 Å². The fourth-order valence-corrected chi connectivity index (χ4v) is 18.5. The largest absolute Gasteiger partial charge is 0.493 e. The molecule has 124 heavy (non-hydrogen) atoms. The third-order valence-electron chi connectivity index (χ3n) is 24.6. The van der Waals surface area contributed by atoms with Gasteiger partial charge < -0.3 is 37.9 Å². The molecule has 9 aromatic carbocycles. The van der Waals surface area contributed by atoms with E-state index in [0.717, 1.165) is 147 Å². The van der Waals surface area contributed by atoms with Crippen LogP contribution < -0.4 is 37.9 Å². The Bertz CT molecular complexity index is 4710. The monoisotopic (exact) mass is 1900 g/mol. The van der Waals surface area contributed by atoms with E-state index in [9.17, 15) is 0 Å². The van der Waals surface area contributed by atoms with E-state index in [4.69, 9.17) is 37.9 Å². The Morgan fingerprint density at radius 2 is 0.298 bits per heavy atom. The van der Waals surface area contributed by atoms with Crippen molar-refractivity contribution < 1.29 is 37.9 Å². The molecule has 0 saturated carbocycles. The van der Waals surface area contributed by atoms with Crippen molar-refractivity contribution in [1.29, 1.82) is 0 Å². The van der Waals surface area contributed by atoms with Gasteiger partial charge in [-0.2, -0.15) is 0 Å². The zero-order valence-electron chi connectivity index (χ0n) is 82.0. The van der Waals surface area contributed by atoms with Crippen molar-refractivity contribution in [2.75, 3.05) is 39.6 Å². The molecule has 0 aromatic heterocycles. The Labute approximate surface area is 777 Å². The van der Waals surface area contributed by atoms with Crippen molar-refractivity contribution in [2.45, 2.75) is 354 Å². The predicted molar refractivity (Wildman–Crippen MR) is 539 cm³/mol. The summed E-state index contributed by atoms with van der Waals surface area (Å²) < 4.78 is 61.2. The molecule has 0 saturated heterocycles. The molecule has 2 aliphatic rings. The standard InChI is InChI=1S/C114H152I2O8/c1-31-37-117-99-71-43-75-55-91(109(13,14)15)59-79(101(75)119-39-33-3)47-83-63-95(113(25,26)27)64-84(48-80-60-92(110(16,17)18)56-76(102(80)120-40-34-4)44-72(99)52-89(51-71)107(7,8)9)105(83)123-69-87-67-98(116)88(68-97(87)115)70-124-106-85-49-81-61-93(111(19,20)21)57-77(103(81)121-41-35-5)45-73-53-90(108(10,11)12)54-74(100(73)118-38-32-2)46-78-58-94(112(22,23)24)62-82(104(78)122-42-36-6)50-86(106)66-96(65-85)114(28,29)30/h51-68H,31-50,69-70H2,1-30H3. The summed E-state index contributed by atoms with van der Waals surface area (Å²) in [4.78, 5) is 0. The Hall–Kier alpha value is -7.16. The third kappa shape index (κ3) is 23.7. The van der Waals surface area contributed by atoms with Crippen LogP contribution in [0.25, 0.3) is 0 Å². The van der Waals surface area contributed by atoms with Crippen LogP contribution in [0.3, 0.4) is 0 Å². The van der Waals surface area contributed by atoms with Gasteiger partial charge in [-0.1, -0.05) is 305 Å². The zero-order valence-corrected chi connectivity index (χ0v) is 86.3. The summed E-state index contributed by atoms with van der Waals surface area (Å²) in [6.45, 7) is 73.8. The highest BCUT2D eigenvalue weighted by Gasteiger charge is 2.35. The van der Waals surface area contributed by atoms with Crippen molar-refractivity contribution in [3.8, 4) is 46.0 Å². The number of hydrogen-bond donors (Lipinski definition) is 0. The molecule has 0 N–H and O–H groups in total. The summed E-state index contributed by atoms with van der Waals surface area (Å²) in [5.41, 5.74) is 29.5. The van der Waals surface area contributed by atoms with Gasteiger partial charge in [0, 0.05) is 69.6 Å². The molecule has 2 aliphatic carbocycles. The second-order valence-corrected chi connectivity index (χ2v) is 46.4. The Morgan fingerprint density at radius 3 is 0.403 bits per heavy atom. The van der Waals surface area contributed by atoms with E-state index in [1.807, 2.05) is 0 Å². The van der Waals surface area contributed by atoms with Crippen LogP contribution in [0.1, 0.15) is 391 Å². The lowest BCUT2D eigenvalue weighted by Gasteiger charge is -2.29. The van der Waals surface area contributed by atoms with Gasteiger partial charge in [0.05, 0.1) is 39.6 Å². The van der Waals surface area contributed by atoms with Gasteiger partial charge in [-0.05, 0) is 273 Å². The smallest absolute Gasteiger partial charge is 0.126 e. The van der Waals surface area contributed by atoms with Crippen LogP contribution in [0.2, 0.25) is 0 Å². The minimum absolute atomic E-state index is 0.145. The van der Waals surface area contributed by atoms with Crippen LogP contribution in [-0.2, 0) is 108 Å². The Kier molecular flexibility index (Phi) is 31.0. The molecular formula is C114H152I2O8. The summed E-state index contributed by atoms with van der Waals surface area (Å²) in [7, 11) is 0. The van der Waals surface area contributed by atoms with Crippen LogP contribution in [0.5, 0.6) is 46.0 Å². The molecule has 0 spiro atoms. The lowest BCUT2D eigenvalue weighted by atomic mass is 9.79. The normalized spacial score (nSPS) is 13.7. The number of benzene rings is 9. The SMILES string of the molecule is CCCOc1c2cc(C(C)(C)C)cc1Cc1cc(C(C)(C)C)cc(c1OCCC)Cc1cc(C(C)(C)C)cc(c1OCc1cc(I)c(COc3c4cc(C(C)(C)C)cc3Cc3cc(C(C)(C)C)cc(c3OCCC)Cc3cc(C(C)(C)C)cc(c3OCCC)Cc3cc(C(C)(C)C)cc(c3OCCC)C4)cc1I)Cc1cc(C(C)(C)C)cc(c1OCCC)C2. The first-order valence-electron chi connectivity index (χ1n) is 46.8. The summed E-state index contributed by atoms with van der Waals surface area (Å²) in [5.74, 6) is 7.56. The molecule has 0 heterocycles. The third-order valence-corrected chi connectivity index (χ3v) is 26.6. The number of fused-ring (bicyclic) bond motifs is 16. The van der Waals surface area contributed by atoms with Crippen LogP contribution in [0.15, 0.2) is 109 Å². The van der Waals surface area contributed by atoms with Crippen molar-refractivity contribution in [3.63, 3.8) is 0 Å². The Balaban J connectivity index is 1.11. The number of ether oxygens (including phenoxy) is 8. The topological polar surface area (TPSA) is 73.8 Å². The molecule has 0 unspecified atom stereocenters. The highest BCUT2D eigenvalue weighted by molar-refractivity contribution is 14.1. The first kappa shape index (κ1) is 97.5. The summed E-state index contributed by atoms with van der Waals surface area (Å²) >= 11 is 5.17. The van der Waals surface area contributed by atoms with Gasteiger partial charge in [-0.3, -0.25) is 0 Å². The maximum absolute atomic E-state index is 7.83. The molecular weight excluding hydrogens is 1750 g/mol. The van der Waals surface area contributed by atoms with Gasteiger partial charge in [0.2, 0.25) is 0 Å². The average Bonchev–Trinajstić information content (AvgIpc) is 0.759. The maximum Gasteiger partial charge on any atom is 0.126 e. The number of halogens is 2. The fraction of sp³-hybridized carbons (Fsp3) is 0.526. The van der Waals surface area contributed by atoms with Crippen molar-refractivity contribution in [1.82, 2.24) is 0 Å². The molecule has 670 valence electrons. The summed E-state index contributed by atoms with van der Waals surface area (Å²) in [5, 5.41) is 0. The second-order valence-electron chi connectivity index (χ2n) is 44.1.